The van der Waals surface area contributed by atoms with E-state index >= 15 is 0 Å². The third-order valence-corrected chi connectivity index (χ3v) is 4.12. The number of ether oxygens (including phenoxy) is 1. The zero-order chi connectivity index (χ0) is 20.1. The summed E-state index contributed by atoms with van der Waals surface area (Å²) in [6.07, 6.45) is 0.809. The molecule has 0 saturated carbocycles. The van der Waals surface area contributed by atoms with Gasteiger partial charge in [0, 0.05) is 18.2 Å². The molecule has 1 aromatic heterocycles. The number of nitrogens with zero attached hydrogens (tertiary/aromatic N) is 3. The van der Waals surface area contributed by atoms with Crippen LogP contribution in [-0.4, -0.2) is 27.2 Å². The first-order chi connectivity index (χ1) is 13.5. The molecule has 0 atom stereocenters. The first-order valence-corrected chi connectivity index (χ1v) is 8.80. The summed E-state index contributed by atoms with van der Waals surface area (Å²) in [5.74, 6) is 0.818. The fraction of sp³-hybridized carbons (Fsp3) is 0.200. The van der Waals surface area contributed by atoms with Crippen molar-refractivity contribution in [2.24, 2.45) is 0 Å². The van der Waals surface area contributed by atoms with Crippen molar-refractivity contribution in [1.29, 1.82) is 0 Å². The number of carbonyl (C=O) groups is 1. The molecule has 0 aliphatic heterocycles. The topological polar surface area (TPSA) is 99.3 Å². The third kappa shape index (κ3) is 4.35. The molecule has 28 heavy (non-hydrogen) atoms. The Morgan fingerprint density at radius 1 is 1.21 bits per heavy atom. The molecule has 144 valence electrons. The van der Waals surface area contributed by atoms with Crippen LogP contribution in [0.3, 0.4) is 0 Å². The summed E-state index contributed by atoms with van der Waals surface area (Å²) in [5.41, 5.74) is 2.32. The van der Waals surface area contributed by atoms with Gasteiger partial charge in [0.1, 0.15) is 11.6 Å². The average molecular weight is 380 g/mol. The van der Waals surface area contributed by atoms with Crippen molar-refractivity contribution < 1.29 is 14.5 Å². The van der Waals surface area contributed by atoms with E-state index in [1.54, 1.807) is 25.1 Å². The van der Waals surface area contributed by atoms with E-state index in [2.05, 4.69) is 10.4 Å². The fourth-order valence-electron chi connectivity index (χ4n) is 2.76. The van der Waals surface area contributed by atoms with Gasteiger partial charge in [-0.05, 0) is 37.1 Å². The van der Waals surface area contributed by atoms with Gasteiger partial charge >= 0.3 is 0 Å². The summed E-state index contributed by atoms with van der Waals surface area (Å²) in [6.45, 7) is 3.68. The number of carbonyl (C=O) groups excluding carboxylic acids is 1. The van der Waals surface area contributed by atoms with Crippen molar-refractivity contribution in [2.45, 2.75) is 20.3 Å². The van der Waals surface area contributed by atoms with Crippen LogP contribution in [0.25, 0.3) is 5.69 Å². The molecule has 0 unspecified atom stereocenters. The Kier molecular flexibility index (Phi) is 5.69. The van der Waals surface area contributed by atoms with Gasteiger partial charge in [-0.1, -0.05) is 25.1 Å². The highest BCUT2D eigenvalue weighted by atomic mass is 16.6. The van der Waals surface area contributed by atoms with E-state index in [1.807, 2.05) is 31.2 Å². The van der Waals surface area contributed by atoms with Crippen molar-refractivity contribution in [1.82, 2.24) is 9.78 Å². The minimum absolute atomic E-state index is 0.0128. The highest BCUT2D eigenvalue weighted by Gasteiger charge is 2.13. The monoisotopic (exact) mass is 380 g/mol. The molecule has 0 radical (unpaired) electrons. The maximum Gasteiger partial charge on any atom is 0.269 e. The number of aryl methyl sites for hydroxylation is 2. The zero-order valence-corrected chi connectivity index (χ0v) is 15.6. The maximum atomic E-state index is 12.4. The van der Waals surface area contributed by atoms with E-state index in [0.29, 0.717) is 22.9 Å². The number of amides is 1. The lowest BCUT2D eigenvalue weighted by atomic mass is 10.1. The van der Waals surface area contributed by atoms with Gasteiger partial charge in [-0.3, -0.25) is 14.9 Å². The Balaban J connectivity index is 1.72. The number of hydrogen-bond donors (Lipinski definition) is 1. The number of anilines is 1. The van der Waals surface area contributed by atoms with Crippen molar-refractivity contribution in [3.8, 4) is 11.4 Å². The minimum atomic E-state index is -0.466. The van der Waals surface area contributed by atoms with E-state index in [1.165, 1.54) is 16.8 Å². The number of nitro groups is 1. The molecule has 3 aromatic rings. The van der Waals surface area contributed by atoms with Crippen LogP contribution in [0.5, 0.6) is 5.75 Å². The molecular formula is C20H20N4O4. The second kappa shape index (κ2) is 8.34. The van der Waals surface area contributed by atoms with Gasteiger partial charge in [-0.25, -0.2) is 4.68 Å². The summed E-state index contributed by atoms with van der Waals surface area (Å²) < 4.78 is 7.16. The minimum Gasteiger partial charge on any atom is -0.483 e. The van der Waals surface area contributed by atoms with Gasteiger partial charge in [0.15, 0.2) is 6.61 Å². The molecular weight excluding hydrogens is 360 g/mol. The maximum absolute atomic E-state index is 12.4. The van der Waals surface area contributed by atoms with Gasteiger partial charge in [0.05, 0.1) is 16.3 Å². The molecule has 0 aliphatic rings. The van der Waals surface area contributed by atoms with Gasteiger partial charge in [0.25, 0.3) is 11.6 Å². The van der Waals surface area contributed by atoms with E-state index in [4.69, 9.17) is 4.74 Å². The van der Waals surface area contributed by atoms with E-state index in [-0.39, 0.29) is 18.2 Å². The van der Waals surface area contributed by atoms with Crippen LogP contribution in [0.2, 0.25) is 0 Å². The molecule has 2 aromatic carbocycles. The number of benzene rings is 2. The number of nitrogens with one attached hydrogen (secondary N) is 1. The third-order valence-electron chi connectivity index (χ3n) is 4.12. The lowest BCUT2D eigenvalue weighted by Crippen LogP contribution is -2.22. The standard InChI is InChI=1S/C20H20N4O4/c1-3-15-6-4-5-7-18(15)28-13-20(25)21-19-12-14(2)22-23(19)16-8-10-17(11-9-16)24(26)27/h4-12H,3,13H2,1-2H3,(H,21,25). The molecule has 0 bridgehead atoms. The first kappa shape index (κ1) is 19.1. The van der Waals surface area contributed by atoms with Crippen molar-refractivity contribution >= 4 is 17.4 Å². The first-order valence-electron chi connectivity index (χ1n) is 8.80. The Morgan fingerprint density at radius 2 is 1.93 bits per heavy atom. The smallest absolute Gasteiger partial charge is 0.269 e. The van der Waals surface area contributed by atoms with Crippen molar-refractivity contribution in [3.63, 3.8) is 0 Å². The zero-order valence-electron chi connectivity index (χ0n) is 15.6. The van der Waals surface area contributed by atoms with Crippen molar-refractivity contribution in [3.05, 3.63) is 76.0 Å². The number of hydrogen-bond acceptors (Lipinski definition) is 5. The molecule has 0 spiro atoms. The van der Waals surface area contributed by atoms with Crippen LogP contribution in [0, 0.1) is 17.0 Å². The summed E-state index contributed by atoms with van der Waals surface area (Å²) >= 11 is 0. The van der Waals surface area contributed by atoms with Crippen LogP contribution >= 0.6 is 0 Å². The van der Waals surface area contributed by atoms with Gasteiger partial charge in [0.2, 0.25) is 0 Å². The van der Waals surface area contributed by atoms with Crippen LogP contribution in [0.1, 0.15) is 18.2 Å². The average Bonchev–Trinajstić information content (AvgIpc) is 3.06. The number of non-ortho nitro benzene ring substituents is 1. The molecule has 1 amide bonds. The predicted molar refractivity (Wildman–Crippen MR) is 105 cm³/mol. The SMILES string of the molecule is CCc1ccccc1OCC(=O)Nc1cc(C)nn1-c1ccc([N+](=O)[O-])cc1. The molecule has 3 rings (SSSR count). The lowest BCUT2D eigenvalue weighted by molar-refractivity contribution is -0.384. The van der Waals surface area contributed by atoms with Crippen LogP contribution in [-0.2, 0) is 11.2 Å². The largest absolute Gasteiger partial charge is 0.483 e. The number of para-hydroxylation sites is 1. The highest BCUT2D eigenvalue weighted by molar-refractivity contribution is 5.91. The quantitative estimate of drug-likeness (QED) is 0.498. The van der Waals surface area contributed by atoms with E-state index < -0.39 is 4.92 Å². The second-order valence-corrected chi connectivity index (χ2v) is 6.15. The van der Waals surface area contributed by atoms with Gasteiger partial charge in [-0.15, -0.1) is 0 Å². The molecule has 1 heterocycles. The van der Waals surface area contributed by atoms with Gasteiger partial charge in [-0.2, -0.15) is 5.10 Å². The van der Waals surface area contributed by atoms with Gasteiger partial charge < -0.3 is 10.1 Å². The summed E-state index contributed by atoms with van der Waals surface area (Å²) in [4.78, 5) is 22.7. The predicted octanol–water partition coefficient (Wildman–Crippen LogP) is 3.67. The normalized spacial score (nSPS) is 10.5. The number of rotatable bonds is 7. The van der Waals surface area contributed by atoms with Crippen LogP contribution in [0.4, 0.5) is 11.5 Å². The fourth-order valence-corrected chi connectivity index (χ4v) is 2.76. The number of aromatic nitrogens is 2. The van der Waals surface area contributed by atoms with E-state index in [9.17, 15) is 14.9 Å². The lowest BCUT2D eigenvalue weighted by Gasteiger charge is -2.11. The van der Waals surface area contributed by atoms with Crippen LogP contribution in [0.15, 0.2) is 54.6 Å². The second-order valence-electron chi connectivity index (χ2n) is 6.15. The van der Waals surface area contributed by atoms with Crippen molar-refractivity contribution in [2.75, 3.05) is 11.9 Å². The Morgan fingerprint density at radius 3 is 2.61 bits per heavy atom. The molecule has 8 heteroatoms. The van der Waals surface area contributed by atoms with Crippen LogP contribution < -0.4 is 10.1 Å². The molecule has 1 N–H and O–H groups in total. The highest BCUT2D eigenvalue weighted by Crippen LogP contribution is 2.21. The summed E-state index contributed by atoms with van der Waals surface area (Å²) in [6, 6.07) is 15.2. The molecule has 8 nitrogen and oxygen atoms in total. The summed E-state index contributed by atoms with van der Waals surface area (Å²) in [7, 11) is 0. The Bertz CT molecular complexity index is 996. The Hall–Kier alpha value is -3.68. The molecule has 0 saturated heterocycles. The molecule has 0 fully saturated rings. The number of nitro benzene ring substituents is 1. The van der Waals surface area contributed by atoms with E-state index in [0.717, 1.165) is 12.0 Å². The molecule has 0 aliphatic carbocycles. The Labute approximate surface area is 161 Å². The summed E-state index contributed by atoms with van der Waals surface area (Å²) in [5, 5.41) is 17.9.